The Bertz CT molecular complexity index is 1380. The van der Waals surface area contributed by atoms with Crippen molar-refractivity contribution in [1.82, 2.24) is 5.43 Å². The van der Waals surface area contributed by atoms with Gasteiger partial charge in [-0.3, -0.25) is 9.10 Å². The van der Waals surface area contributed by atoms with E-state index in [2.05, 4.69) is 26.5 Å². The van der Waals surface area contributed by atoms with E-state index in [9.17, 15) is 13.2 Å². The Morgan fingerprint density at radius 1 is 1.11 bits per heavy atom. The second kappa shape index (κ2) is 13.5. The molecule has 0 spiro atoms. The molecular weight excluding hydrogens is 598 g/mol. The number of nitrogens with zero attached hydrogens (tertiary/aromatic N) is 2. The van der Waals surface area contributed by atoms with Gasteiger partial charge in [-0.15, -0.1) is 0 Å². The van der Waals surface area contributed by atoms with Crippen LogP contribution in [-0.4, -0.2) is 47.1 Å². The highest BCUT2D eigenvalue weighted by atomic mass is 79.9. The second-order valence-electron chi connectivity index (χ2n) is 7.94. The zero-order chi connectivity index (χ0) is 27.7. The van der Waals surface area contributed by atoms with Gasteiger partial charge in [0.1, 0.15) is 18.9 Å². The van der Waals surface area contributed by atoms with E-state index in [1.165, 1.54) is 13.3 Å². The topological polar surface area (TPSA) is 107 Å². The fourth-order valence-electron chi connectivity index (χ4n) is 3.31. The van der Waals surface area contributed by atoms with E-state index in [0.717, 1.165) is 16.1 Å². The van der Waals surface area contributed by atoms with Crippen molar-refractivity contribution in [2.45, 2.75) is 13.5 Å². The SMILES string of the molecule is CCOc1ccc(N(CC(=O)N/N=C\c2cc(Br)c(OCc3ccc(Cl)cc3)c(OC)c2)S(C)(=O)=O)cc1. The number of hydrogen-bond acceptors (Lipinski definition) is 7. The first-order chi connectivity index (χ1) is 18.1. The van der Waals surface area contributed by atoms with Crippen LogP contribution < -0.4 is 23.9 Å². The number of amides is 1. The van der Waals surface area contributed by atoms with E-state index < -0.39 is 22.5 Å². The predicted molar refractivity (Wildman–Crippen MR) is 152 cm³/mol. The van der Waals surface area contributed by atoms with Crippen molar-refractivity contribution in [1.29, 1.82) is 0 Å². The summed E-state index contributed by atoms with van der Waals surface area (Å²) in [6.45, 7) is 2.19. The van der Waals surface area contributed by atoms with Crippen LogP contribution in [0.4, 0.5) is 5.69 Å². The highest BCUT2D eigenvalue weighted by Gasteiger charge is 2.21. The molecule has 0 saturated heterocycles. The molecule has 38 heavy (non-hydrogen) atoms. The number of methoxy groups -OCH3 is 1. The van der Waals surface area contributed by atoms with Crippen molar-refractivity contribution in [3.8, 4) is 17.2 Å². The summed E-state index contributed by atoms with van der Waals surface area (Å²) in [5.74, 6) is 0.943. The molecule has 0 heterocycles. The predicted octanol–water partition coefficient (Wildman–Crippen LogP) is 5.01. The smallest absolute Gasteiger partial charge is 0.260 e. The number of ether oxygens (including phenoxy) is 3. The quantitative estimate of drug-likeness (QED) is 0.225. The van der Waals surface area contributed by atoms with Crippen molar-refractivity contribution in [3.05, 3.63) is 81.3 Å². The summed E-state index contributed by atoms with van der Waals surface area (Å²) >= 11 is 9.41. The van der Waals surface area contributed by atoms with Gasteiger partial charge >= 0.3 is 0 Å². The first-order valence-corrected chi connectivity index (χ1v) is 14.4. The van der Waals surface area contributed by atoms with Gasteiger partial charge in [-0.1, -0.05) is 23.7 Å². The molecule has 0 aliphatic heterocycles. The summed E-state index contributed by atoms with van der Waals surface area (Å²) in [6.07, 6.45) is 2.44. The lowest BCUT2D eigenvalue weighted by Gasteiger charge is -2.21. The van der Waals surface area contributed by atoms with Gasteiger partial charge < -0.3 is 14.2 Å². The number of carbonyl (C=O) groups excluding carboxylic acids is 1. The van der Waals surface area contributed by atoms with Gasteiger partial charge in [0.05, 0.1) is 36.3 Å². The third kappa shape index (κ3) is 8.37. The molecule has 3 rings (SSSR count). The van der Waals surface area contributed by atoms with Gasteiger partial charge in [0.2, 0.25) is 10.0 Å². The van der Waals surface area contributed by atoms with E-state index >= 15 is 0 Å². The standard InChI is InChI=1S/C26H27BrClN3O6S/c1-4-36-22-11-9-21(10-12-22)31(38(3,33)34)16-25(32)30-29-15-19-13-23(27)26(24(14-19)35-2)37-17-18-5-7-20(28)8-6-18/h5-15H,4,16-17H2,1-3H3,(H,30,32)/b29-15-. The van der Waals surface area contributed by atoms with Crippen LogP contribution in [0.15, 0.2) is 70.2 Å². The van der Waals surface area contributed by atoms with Crippen molar-refractivity contribution in [2.75, 3.05) is 30.8 Å². The molecule has 0 unspecified atom stereocenters. The lowest BCUT2D eigenvalue weighted by atomic mass is 10.2. The zero-order valence-electron chi connectivity index (χ0n) is 21.0. The molecule has 9 nitrogen and oxygen atoms in total. The van der Waals surface area contributed by atoms with Crippen molar-refractivity contribution >= 4 is 55.4 Å². The largest absolute Gasteiger partial charge is 0.494 e. The van der Waals surface area contributed by atoms with Gasteiger partial charge in [0.25, 0.3) is 5.91 Å². The molecule has 0 saturated carbocycles. The van der Waals surface area contributed by atoms with E-state index in [1.807, 2.05) is 19.1 Å². The van der Waals surface area contributed by atoms with E-state index in [1.54, 1.807) is 48.5 Å². The molecule has 0 aliphatic rings. The molecule has 202 valence electrons. The highest BCUT2D eigenvalue weighted by molar-refractivity contribution is 9.10. The number of halogens is 2. The number of benzene rings is 3. The van der Waals surface area contributed by atoms with Crippen LogP contribution >= 0.6 is 27.5 Å². The highest BCUT2D eigenvalue weighted by Crippen LogP contribution is 2.37. The van der Waals surface area contributed by atoms with Crippen molar-refractivity contribution in [3.63, 3.8) is 0 Å². The van der Waals surface area contributed by atoms with E-state index in [4.69, 9.17) is 25.8 Å². The molecule has 0 bridgehead atoms. The van der Waals surface area contributed by atoms with Gasteiger partial charge in [-0.25, -0.2) is 13.8 Å². The summed E-state index contributed by atoms with van der Waals surface area (Å²) in [4.78, 5) is 12.5. The minimum atomic E-state index is -3.73. The van der Waals surface area contributed by atoms with Crippen LogP contribution in [0.5, 0.6) is 17.2 Å². The number of anilines is 1. The number of carbonyl (C=O) groups is 1. The van der Waals surface area contributed by atoms with E-state index in [0.29, 0.717) is 51.2 Å². The lowest BCUT2D eigenvalue weighted by molar-refractivity contribution is -0.119. The first-order valence-electron chi connectivity index (χ1n) is 11.4. The van der Waals surface area contributed by atoms with Gasteiger partial charge in [-0.05, 0) is 82.5 Å². The van der Waals surface area contributed by atoms with Crippen molar-refractivity contribution < 1.29 is 27.4 Å². The summed E-state index contributed by atoms with van der Waals surface area (Å²) in [5, 5.41) is 4.60. The molecule has 0 atom stereocenters. The molecule has 12 heteroatoms. The Labute approximate surface area is 235 Å². The maximum absolute atomic E-state index is 12.5. The minimum absolute atomic E-state index is 0.306. The van der Waals surface area contributed by atoms with Gasteiger partial charge in [-0.2, -0.15) is 5.10 Å². The molecule has 0 aromatic heterocycles. The Kier molecular flexibility index (Phi) is 10.4. The maximum Gasteiger partial charge on any atom is 0.260 e. The summed E-state index contributed by atoms with van der Waals surface area (Å²) in [6, 6.07) is 17.2. The van der Waals surface area contributed by atoms with Crippen molar-refractivity contribution in [2.24, 2.45) is 5.10 Å². The van der Waals surface area contributed by atoms with Crippen LogP contribution in [-0.2, 0) is 21.4 Å². The van der Waals surface area contributed by atoms with Crippen LogP contribution in [0.3, 0.4) is 0 Å². The molecule has 3 aromatic carbocycles. The average Bonchev–Trinajstić information content (AvgIpc) is 2.87. The average molecular weight is 625 g/mol. The van der Waals surface area contributed by atoms with Crippen LogP contribution in [0.1, 0.15) is 18.1 Å². The normalized spacial score (nSPS) is 11.3. The zero-order valence-corrected chi connectivity index (χ0v) is 24.1. The number of sulfonamides is 1. The number of nitrogens with one attached hydrogen (secondary N) is 1. The molecular formula is C26H27BrClN3O6S. The van der Waals surface area contributed by atoms with Crippen LogP contribution in [0.2, 0.25) is 5.02 Å². The molecule has 1 amide bonds. The summed E-state index contributed by atoms with van der Waals surface area (Å²) in [7, 11) is -2.21. The van der Waals surface area contributed by atoms with Gasteiger partial charge in [0.15, 0.2) is 11.5 Å². The second-order valence-corrected chi connectivity index (χ2v) is 11.1. The monoisotopic (exact) mass is 623 g/mol. The maximum atomic E-state index is 12.5. The lowest BCUT2D eigenvalue weighted by Crippen LogP contribution is -2.39. The van der Waals surface area contributed by atoms with Crippen LogP contribution in [0.25, 0.3) is 0 Å². The molecule has 0 radical (unpaired) electrons. The van der Waals surface area contributed by atoms with Crippen LogP contribution in [0, 0.1) is 0 Å². The Morgan fingerprint density at radius 2 is 1.79 bits per heavy atom. The number of rotatable bonds is 12. The Balaban J connectivity index is 1.66. The van der Waals surface area contributed by atoms with Gasteiger partial charge in [0, 0.05) is 5.02 Å². The fraction of sp³-hybridized carbons (Fsp3) is 0.231. The third-order valence-electron chi connectivity index (χ3n) is 5.07. The molecule has 3 aromatic rings. The number of hydrogen-bond donors (Lipinski definition) is 1. The molecule has 0 aliphatic carbocycles. The first kappa shape index (κ1) is 29.3. The Hall–Kier alpha value is -3.28. The molecule has 0 fully saturated rings. The summed E-state index contributed by atoms with van der Waals surface area (Å²) in [5.41, 5.74) is 4.24. The Morgan fingerprint density at radius 3 is 2.39 bits per heavy atom. The molecule has 1 N–H and O–H groups in total. The summed E-state index contributed by atoms with van der Waals surface area (Å²) < 4.78 is 43.0. The van der Waals surface area contributed by atoms with E-state index in [-0.39, 0.29) is 0 Å². The number of hydrazone groups is 1. The third-order valence-corrected chi connectivity index (χ3v) is 7.06. The minimum Gasteiger partial charge on any atom is -0.494 e. The fourth-order valence-corrected chi connectivity index (χ4v) is 4.87.